The number of hydrogen-bond donors (Lipinski definition) is 2. The third kappa shape index (κ3) is 3.35. The molecule has 0 aliphatic rings. The molecule has 0 fully saturated rings. The van der Waals surface area contributed by atoms with Crippen LogP contribution in [0.4, 0.5) is 0 Å². The Hall–Kier alpha value is -0.800. The fourth-order valence-corrected chi connectivity index (χ4v) is 1.75. The second kappa shape index (κ2) is 6.06. The number of rotatable bonds is 7. The van der Waals surface area contributed by atoms with Crippen LogP contribution in [0.15, 0.2) is 22.8 Å². The van der Waals surface area contributed by atoms with E-state index in [0.29, 0.717) is 6.54 Å². The van der Waals surface area contributed by atoms with Crippen molar-refractivity contribution in [1.82, 2.24) is 5.32 Å². The summed E-state index contributed by atoms with van der Waals surface area (Å²) in [5.74, 6) is 0.942. The molecule has 0 saturated heterocycles. The summed E-state index contributed by atoms with van der Waals surface area (Å²) < 4.78 is 5.37. The summed E-state index contributed by atoms with van der Waals surface area (Å²) in [6.45, 7) is 6.74. The minimum absolute atomic E-state index is 0.194. The average Bonchev–Trinajstić information content (AvgIpc) is 2.83. The SMILES string of the molecule is CCC(NCC(O)(CC)CC)c1ccco1. The largest absolute Gasteiger partial charge is 0.468 e. The normalized spacial score (nSPS) is 14.0. The van der Waals surface area contributed by atoms with Gasteiger partial charge in [-0.3, -0.25) is 0 Å². The average molecular weight is 225 g/mol. The van der Waals surface area contributed by atoms with Crippen LogP contribution >= 0.6 is 0 Å². The first-order valence-corrected chi connectivity index (χ1v) is 6.14. The van der Waals surface area contributed by atoms with Gasteiger partial charge in [-0.25, -0.2) is 0 Å². The van der Waals surface area contributed by atoms with Gasteiger partial charge in [0.15, 0.2) is 0 Å². The molecule has 2 N–H and O–H groups in total. The van der Waals surface area contributed by atoms with Crippen molar-refractivity contribution in [3.63, 3.8) is 0 Å². The molecule has 1 rings (SSSR count). The lowest BCUT2D eigenvalue weighted by Crippen LogP contribution is -2.40. The van der Waals surface area contributed by atoms with Gasteiger partial charge >= 0.3 is 0 Å². The third-order valence-corrected chi connectivity index (χ3v) is 3.29. The molecule has 1 aromatic rings. The zero-order chi connectivity index (χ0) is 12.0. The van der Waals surface area contributed by atoms with Crippen molar-refractivity contribution in [2.24, 2.45) is 0 Å². The molecule has 0 saturated carbocycles. The van der Waals surface area contributed by atoms with Crippen LogP contribution in [0.1, 0.15) is 51.8 Å². The fourth-order valence-electron chi connectivity index (χ4n) is 1.75. The lowest BCUT2D eigenvalue weighted by Gasteiger charge is -2.27. The Kier molecular flexibility index (Phi) is 5.03. The fraction of sp³-hybridized carbons (Fsp3) is 0.692. The van der Waals surface area contributed by atoms with Gasteiger partial charge in [-0.2, -0.15) is 0 Å². The standard InChI is InChI=1S/C13H23NO2/c1-4-11(12-8-7-9-16-12)14-10-13(15,5-2)6-3/h7-9,11,14-15H,4-6,10H2,1-3H3. The molecular formula is C13H23NO2. The van der Waals surface area contributed by atoms with Crippen LogP contribution in [-0.4, -0.2) is 17.3 Å². The zero-order valence-electron chi connectivity index (χ0n) is 10.5. The molecule has 1 aromatic heterocycles. The predicted octanol–water partition coefficient (Wildman–Crippen LogP) is 2.87. The second-order valence-corrected chi connectivity index (χ2v) is 4.29. The Morgan fingerprint density at radius 1 is 1.38 bits per heavy atom. The van der Waals surface area contributed by atoms with E-state index in [4.69, 9.17) is 4.42 Å². The van der Waals surface area contributed by atoms with E-state index in [1.54, 1.807) is 6.26 Å². The van der Waals surface area contributed by atoms with E-state index < -0.39 is 5.60 Å². The van der Waals surface area contributed by atoms with Crippen molar-refractivity contribution >= 4 is 0 Å². The Balaban J connectivity index is 2.52. The van der Waals surface area contributed by atoms with E-state index >= 15 is 0 Å². The molecule has 92 valence electrons. The van der Waals surface area contributed by atoms with Gasteiger partial charge in [-0.1, -0.05) is 20.8 Å². The quantitative estimate of drug-likeness (QED) is 0.750. The summed E-state index contributed by atoms with van der Waals surface area (Å²) in [6.07, 6.45) is 4.18. The Morgan fingerprint density at radius 2 is 2.06 bits per heavy atom. The van der Waals surface area contributed by atoms with E-state index in [1.807, 2.05) is 26.0 Å². The highest BCUT2D eigenvalue weighted by atomic mass is 16.3. The van der Waals surface area contributed by atoms with Crippen LogP contribution in [0.25, 0.3) is 0 Å². The molecule has 0 aliphatic heterocycles. The summed E-state index contributed by atoms with van der Waals surface area (Å²) in [7, 11) is 0. The number of hydrogen-bond acceptors (Lipinski definition) is 3. The van der Waals surface area contributed by atoms with Crippen molar-refractivity contribution < 1.29 is 9.52 Å². The van der Waals surface area contributed by atoms with Gasteiger partial charge in [-0.05, 0) is 31.4 Å². The van der Waals surface area contributed by atoms with E-state index in [1.165, 1.54) is 0 Å². The van der Waals surface area contributed by atoms with E-state index in [2.05, 4.69) is 12.2 Å². The zero-order valence-corrected chi connectivity index (χ0v) is 10.5. The van der Waals surface area contributed by atoms with Gasteiger partial charge in [0, 0.05) is 6.54 Å². The smallest absolute Gasteiger partial charge is 0.120 e. The molecule has 0 aromatic carbocycles. The van der Waals surface area contributed by atoms with Gasteiger partial charge < -0.3 is 14.8 Å². The molecule has 0 bridgehead atoms. The number of nitrogens with one attached hydrogen (secondary N) is 1. The summed E-state index contributed by atoms with van der Waals surface area (Å²) in [5, 5.41) is 13.5. The van der Waals surface area contributed by atoms with Gasteiger partial charge in [0.1, 0.15) is 5.76 Å². The molecular weight excluding hydrogens is 202 g/mol. The summed E-state index contributed by atoms with van der Waals surface area (Å²) in [6, 6.07) is 4.06. The van der Waals surface area contributed by atoms with Crippen LogP contribution in [-0.2, 0) is 0 Å². The molecule has 16 heavy (non-hydrogen) atoms. The minimum Gasteiger partial charge on any atom is -0.468 e. The second-order valence-electron chi connectivity index (χ2n) is 4.29. The van der Waals surface area contributed by atoms with Crippen LogP contribution in [0, 0.1) is 0 Å². The van der Waals surface area contributed by atoms with E-state index in [-0.39, 0.29) is 6.04 Å². The first-order chi connectivity index (χ1) is 7.65. The molecule has 0 amide bonds. The van der Waals surface area contributed by atoms with Crippen molar-refractivity contribution in [3.8, 4) is 0 Å². The molecule has 1 atom stereocenters. The predicted molar refractivity (Wildman–Crippen MR) is 65.3 cm³/mol. The highest BCUT2D eigenvalue weighted by Crippen LogP contribution is 2.19. The van der Waals surface area contributed by atoms with Crippen LogP contribution in [0.2, 0.25) is 0 Å². The lowest BCUT2D eigenvalue weighted by atomic mass is 9.97. The summed E-state index contributed by atoms with van der Waals surface area (Å²) >= 11 is 0. The summed E-state index contributed by atoms with van der Waals surface area (Å²) in [4.78, 5) is 0. The maximum absolute atomic E-state index is 10.2. The van der Waals surface area contributed by atoms with Gasteiger partial charge in [-0.15, -0.1) is 0 Å². The Morgan fingerprint density at radius 3 is 2.50 bits per heavy atom. The van der Waals surface area contributed by atoms with Crippen molar-refractivity contribution in [3.05, 3.63) is 24.2 Å². The molecule has 0 radical (unpaired) electrons. The Bertz CT molecular complexity index is 278. The van der Waals surface area contributed by atoms with Crippen molar-refractivity contribution in [2.75, 3.05) is 6.54 Å². The van der Waals surface area contributed by atoms with Gasteiger partial charge in [0.2, 0.25) is 0 Å². The number of aliphatic hydroxyl groups is 1. The van der Waals surface area contributed by atoms with Crippen molar-refractivity contribution in [1.29, 1.82) is 0 Å². The molecule has 3 nitrogen and oxygen atoms in total. The van der Waals surface area contributed by atoms with Crippen molar-refractivity contribution in [2.45, 2.75) is 51.7 Å². The van der Waals surface area contributed by atoms with E-state index in [9.17, 15) is 5.11 Å². The highest BCUT2D eigenvalue weighted by molar-refractivity contribution is 5.04. The van der Waals surface area contributed by atoms with E-state index in [0.717, 1.165) is 25.0 Å². The minimum atomic E-state index is -0.597. The lowest BCUT2D eigenvalue weighted by molar-refractivity contribution is 0.0290. The highest BCUT2D eigenvalue weighted by Gasteiger charge is 2.23. The first-order valence-electron chi connectivity index (χ1n) is 6.14. The summed E-state index contributed by atoms with van der Waals surface area (Å²) in [5.41, 5.74) is -0.597. The molecule has 3 heteroatoms. The monoisotopic (exact) mass is 225 g/mol. The van der Waals surface area contributed by atoms with Crippen LogP contribution < -0.4 is 5.32 Å². The third-order valence-electron chi connectivity index (χ3n) is 3.29. The topological polar surface area (TPSA) is 45.4 Å². The van der Waals surface area contributed by atoms with Gasteiger partial charge in [0.05, 0.1) is 17.9 Å². The molecule has 1 unspecified atom stereocenters. The van der Waals surface area contributed by atoms with Crippen LogP contribution in [0.5, 0.6) is 0 Å². The maximum Gasteiger partial charge on any atom is 0.120 e. The first kappa shape index (κ1) is 13.3. The Labute approximate surface area is 97.9 Å². The molecule has 1 heterocycles. The maximum atomic E-state index is 10.2. The molecule has 0 aliphatic carbocycles. The molecule has 0 spiro atoms. The number of furan rings is 1. The van der Waals surface area contributed by atoms with Crippen LogP contribution in [0.3, 0.4) is 0 Å². The van der Waals surface area contributed by atoms with Gasteiger partial charge in [0.25, 0.3) is 0 Å².